The van der Waals surface area contributed by atoms with E-state index in [9.17, 15) is 9.18 Å². The lowest BCUT2D eigenvalue weighted by atomic mass is 10.1. The highest BCUT2D eigenvalue weighted by Gasteiger charge is 2.16. The Morgan fingerprint density at radius 1 is 1.11 bits per heavy atom. The normalized spacial score (nSPS) is 10.9. The molecule has 0 aliphatic rings. The van der Waals surface area contributed by atoms with Crippen LogP contribution in [0.15, 0.2) is 66.9 Å². The number of aromatic nitrogens is 3. The van der Waals surface area contributed by atoms with E-state index in [4.69, 9.17) is 0 Å². The van der Waals surface area contributed by atoms with Crippen LogP contribution < -0.4 is 5.32 Å². The number of benzene rings is 2. The highest BCUT2D eigenvalue weighted by molar-refractivity contribution is 6.06. The number of nitrogens with one attached hydrogen (secondary N) is 1. The molecular weight excluding hydrogens is 355 g/mol. The van der Waals surface area contributed by atoms with Crippen molar-refractivity contribution in [3.63, 3.8) is 0 Å². The quantitative estimate of drug-likeness (QED) is 0.579. The number of aryl methyl sites for hydroxylation is 1. The third-order valence-electron chi connectivity index (χ3n) is 4.63. The number of pyridine rings is 1. The zero-order chi connectivity index (χ0) is 19.5. The number of amides is 1. The van der Waals surface area contributed by atoms with Gasteiger partial charge in [-0.15, -0.1) is 0 Å². The van der Waals surface area contributed by atoms with E-state index in [1.54, 1.807) is 36.1 Å². The summed E-state index contributed by atoms with van der Waals surface area (Å²) < 4.78 is 14.9. The molecule has 0 spiro atoms. The Balaban J connectivity index is 1.63. The molecule has 140 valence electrons. The number of halogens is 1. The predicted octanol–water partition coefficient (Wildman–Crippen LogP) is 3.75. The van der Waals surface area contributed by atoms with Gasteiger partial charge in [-0.3, -0.25) is 9.48 Å². The number of fused-ring (bicyclic) bond motifs is 1. The second-order valence-corrected chi connectivity index (χ2v) is 6.56. The maximum atomic E-state index is 13.3. The molecule has 0 saturated carbocycles. The lowest BCUT2D eigenvalue weighted by Gasteiger charge is -2.09. The monoisotopic (exact) mass is 374 g/mol. The molecule has 0 radical (unpaired) electrons. The Morgan fingerprint density at radius 2 is 1.86 bits per heavy atom. The van der Waals surface area contributed by atoms with Crippen molar-refractivity contribution in [2.24, 2.45) is 7.05 Å². The van der Waals surface area contributed by atoms with Crippen LogP contribution >= 0.6 is 0 Å². The van der Waals surface area contributed by atoms with Crippen LogP contribution in [0.5, 0.6) is 0 Å². The van der Waals surface area contributed by atoms with Crippen LogP contribution in [0.25, 0.3) is 22.3 Å². The lowest BCUT2D eigenvalue weighted by Crippen LogP contribution is -2.26. The zero-order valence-corrected chi connectivity index (χ0v) is 15.4. The van der Waals surface area contributed by atoms with Crippen molar-refractivity contribution in [3.05, 3.63) is 83.8 Å². The largest absolute Gasteiger partial charge is 0.352 e. The summed E-state index contributed by atoms with van der Waals surface area (Å²) in [5.41, 5.74) is 3.61. The molecule has 4 rings (SSSR count). The fourth-order valence-corrected chi connectivity index (χ4v) is 3.13. The minimum Gasteiger partial charge on any atom is -0.352 e. The first-order valence-electron chi connectivity index (χ1n) is 9.02. The van der Waals surface area contributed by atoms with Crippen molar-refractivity contribution < 1.29 is 9.18 Å². The van der Waals surface area contributed by atoms with Gasteiger partial charge in [-0.25, -0.2) is 9.37 Å². The maximum Gasteiger partial charge on any atom is 0.252 e. The second-order valence-electron chi connectivity index (χ2n) is 6.56. The highest BCUT2D eigenvalue weighted by Crippen LogP contribution is 2.24. The summed E-state index contributed by atoms with van der Waals surface area (Å²) in [4.78, 5) is 17.5. The van der Waals surface area contributed by atoms with Crippen molar-refractivity contribution in [3.8, 4) is 11.3 Å². The molecule has 1 amide bonds. The van der Waals surface area contributed by atoms with Gasteiger partial charge in [0.15, 0.2) is 5.65 Å². The molecular formula is C22H19FN4O. The fraction of sp³-hybridized carbons (Fsp3) is 0.136. The predicted molar refractivity (Wildman–Crippen MR) is 106 cm³/mol. The van der Waals surface area contributed by atoms with Gasteiger partial charge in [0.05, 0.1) is 22.8 Å². The van der Waals surface area contributed by atoms with Crippen LogP contribution in [0.3, 0.4) is 0 Å². The topological polar surface area (TPSA) is 59.8 Å². The zero-order valence-electron chi connectivity index (χ0n) is 15.4. The first kappa shape index (κ1) is 17.9. The Bertz CT molecular complexity index is 1120. The minimum atomic E-state index is -0.316. The van der Waals surface area contributed by atoms with E-state index in [1.807, 2.05) is 30.3 Å². The van der Waals surface area contributed by atoms with E-state index < -0.39 is 0 Å². The van der Waals surface area contributed by atoms with Gasteiger partial charge in [-0.2, -0.15) is 5.10 Å². The van der Waals surface area contributed by atoms with E-state index in [0.29, 0.717) is 28.8 Å². The van der Waals surface area contributed by atoms with Crippen LogP contribution in [0, 0.1) is 5.82 Å². The van der Waals surface area contributed by atoms with Crippen molar-refractivity contribution in [2.45, 2.75) is 6.42 Å². The van der Waals surface area contributed by atoms with Crippen LogP contribution in [-0.2, 0) is 13.5 Å². The summed E-state index contributed by atoms with van der Waals surface area (Å²) >= 11 is 0. The van der Waals surface area contributed by atoms with Crippen LogP contribution in [0.1, 0.15) is 15.9 Å². The number of rotatable bonds is 5. The lowest BCUT2D eigenvalue weighted by molar-refractivity contribution is 0.0955. The standard InChI is InChI=1S/C22H19FN4O/c1-27-21-19(14-25-27)18(13-20(26-21)16-7-9-17(23)10-8-16)22(28)24-12-11-15-5-3-2-4-6-15/h2-10,13-14H,11-12H2,1H3,(H,24,28). The smallest absolute Gasteiger partial charge is 0.252 e. The van der Waals surface area contributed by atoms with E-state index in [0.717, 1.165) is 17.5 Å². The second kappa shape index (κ2) is 7.60. The molecule has 4 aromatic rings. The van der Waals surface area contributed by atoms with Gasteiger partial charge in [0.25, 0.3) is 5.91 Å². The summed E-state index contributed by atoms with van der Waals surface area (Å²) in [6.07, 6.45) is 2.39. The van der Waals surface area contributed by atoms with Gasteiger partial charge in [-0.05, 0) is 42.3 Å². The maximum absolute atomic E-state index is 13.3. The van der Waals surface area contributed by atoms with Crippen molar-refractivity contribution in [2.75, 3.05) is 6.54 Å². The average molecular weight is 374 g/mol. The fourth-order valence-electron chi connectivity index (χ4n) is 3.13. The number of carbonyl (C=O) groups excluding carboxylic acids is 1. The van der Waals surface area contributed by atoms with Crippen LogP contribution in [-0.4, -0.2) is 27.2 Å². The summed E-state index contributed by atoms with van der Waals surface area (Å²) in [5.74, 6) is -0.496. The summed E-state index contributed by atoms with van der Waals surface area (Å²) in [5, 5.41) is 7.89. The highest BCUT2D eigenvalue weighted by atomic mass is 19.1. The van der Waals surface area contributed by atoms with Gasteiger partial charge < -0.3 is 5.32 Å². The van der Waals surface area contributed by atoms with E-state index >= 15 is 0 Å². The van der Waals surface area contributed by atoms with Gasteiger partial charge in [0.1, 0.15) is 5.82 Å². The van der Waals surface area contributed by atoms with Gasteiger partial charge in [0, 0.05) is 19.2 Å². The molecule has 0 aliphatic carbocycles. The van der Waals surface area contributed by atoms with Gasteiger partial charge in [0.2, 0.25) is 0 Å². The molecule has 0 aliphatic heterocycles. The third kappa shape index (κ3) is 3.62. The molecule has 2 aromatic carbocycles. The van der Waals surface area contributed by atoms with E-state index in [2.05, 4.69) is 15.4 Å². The third-order valence-corrected chi connectivity index (χ3v) is 4.63. The number of hydrogen-bond acceptors (Lipinski definition) is 3. The molecule has 5 nitrogen and oxygen atoms in total. The number of hydrogen-bond donors (Lipinski definition) is 1. The molecule has 2 heterocycles. The van der Waals surface area contributed by atoms with Crippen molar-refractivity contribution in [1.82, 2.24) is 20.1 Å². The minimum absolute atomic E-state index is 0.181. The SMILES string of the molecule is Cn1ncc2c(C(=O)NCCc3ccccc3)cc(-c3ccc(F)cc3)nc21. The molecule has 0 saturated heterocycles. The first-order valence-corrected chi connectivity index (χ1v) is 9.02. The summed E-state index contributed by atoms with van der Waals surface area (Å²) in [6, 6.07) is 17.8. The summed E-state index contributed by atoms with van der Waals surface area (Å²) in [6.45, 7) is 0.527. The van der Waals surface area contributed by atoms with E-state index in [-0.39, 0.29) is 11.7 Å². The first-order chi connectivity index (χ1) is 13.6. The van der Waals surface area contributed by atoms with Gasteiger partial charge >= 0.3 is 0 Å². The Kier molecular flexibility index (Phi) is 4.85. The van der Waals surface area contributed by atoms with Crippen molar-refractivity contribution in [1.29, 1.82) is 0 Å². The number of carbonyl (C=O) groups is 1. The Morgan fingerprint density at radius 3 is 2.61 bits per heavy atom. The van der Waals surface area contributed by atoms with Crippen molar-refractivity contribution >= 4 is 16.9 Å². The molecule has 6 heteroatoms. The van der Waals surface area contributed by atoms with Crippen LogP contribution in [0.2, 0.25) is 0 Å². The Hall–Kier alpha value is -3.54. The summed E-state index contributed by atoms with van der Waals surface area (Å²) in [7, 11) is 1.78. The van der Waals surface area contributed by atoms with Gasteiger partial charge in [-0.1, -0.05) is 30.3 Å². The molecule has 0 atom stereocenters. The molecule has 1 N–H and O–H groups in total. The van der Waals surface area contributed by atoms with E-state index in [1.165, 1.54) is 12.1 Å². The molecule has 2 aromatic heterocycles. The number of nitrogens with zero attached hydrogens (tertiary/aromatic N) is 3. The average Bonchev–Trinajstić information content (AvgIpc) is 3.09. The van der Waals surface area contributed by atoms with Crippen LogP contribution in [0.4, 0.5) is 4.39 Å². The molecule has 28 heavy (non-hydrogen) atoms. The molecule has 0 fully saturated rings. The Labute approximate surface area is 161 Å². The molecule has 0 bridgehead atoms. The molecule has 0 unspecified atom stereocenters.